The normalized spacial score (nSPS) is 9.62. The minimum Gasteiger partial charge on any atom is -0.397 e. The Morgan fingerprint density at radius 2 is 1.85 bits per heavy atom. The van der Waals surface area contributed by atoms with E-state index in [0.717, 1.165) is 4.68 Å². The molecule has 0 radical (unpaired) electrons. The first-order chi connectivity index (χ1) is 11.3. The van der Waals surface area contributed by atoms with Crippen LogP contribution < -0.4 is 16.4 Å². The minimum atomic E-state index is -0.381. The van der Waals surface area contributed by atoms with E-state index in [1.807, 2.05) is 0 Å². The van der Waals surface area contributed by atoms with E-state index < -0.39 is 0 Å². The fourth-order valence-corrected chi connectivity index (χ4v) is 1.96. The molecule has 0 aliphatic heterocycles. The van der Waals surface area contributed by atoms with Gasteiger partial charge in [-0.1, -0.05) is 0 Å². The van der Waals surface area contributed by atoms with Gasteiger partial charge >= 0.3 is 12.1 Å². The summed E-state index contributed by atoms with van der Waals surface area (Å²) in [6, 6.07) is 2.43. The molecule has 0 aromatic carbocycles. The summed E-state index contributed by atoms with van der Waals surface area (Å²) in [6.45, 7) is 0.306. The molecule has 0 spiro atoms. The van der Waals surface area contributed by atoms with E-state index in [2.05, 4.69) is 5.10 Å². The first-order valence-corrected chi connectivity index (χ1v) is 7.15. The molecule has 0 aliphatic carbocycles. The van der Waals surface area contributed by atoms with Crippen molar-refractivity contribution in [2.45, 2.75) is 6.42 Å². The molecule has 0 atom stereocenters. The molecule has 2 heterocycles. The molecule has 0 aliphatic rings. The van der Waals surface area contributed by atoms with Gasteiger partial charge in [0, 0.05) is 57.4 Å². The zero-order valence-electron chi connectivity index (χ0n) is 14.3. The van der Waals surface area contributed by atoms with Gasteiger partial charge in [-0.15, -0.1) is 29.9 Å². The molecule has 144 valence electrons. The number of anilines is 2. The molecule has 2 aromatic rings. The molecular weight excluding hydrogens is 383 g/mol. The number of hydrogen-bond acceptors (Lipinski definition) is 5. The maximum Gasteiger partial charge on any atom is 0.344 e. The van der Waals surface area contributed by atoms with Crippen molar-refractivity contribution in [1.29, 1.82) is 5.41 Å². The fraction of sp³-hybridized carbons (Fsp3) is 0.286. The lowest BCUT2D eigenvalue weighted by molar-refractivity contribution is 0.208. The van der Waals surface area contributed by atoms with E-state index >= 15 is 0 Å². The van der Waals surface area contributed by atoms with Crippen LogP contribution in [0.2, 0.25) is 0 Å². The van der Waals surface area contributed by atoms with Gasteiger partial charge < -0.3 is 16.4 Å². The van der Waals surface area contributed by atoms with Crippen LogP contribution in [0.15, 0.2) is 30.7 Å². The van der Waals surface area contributed by atoms with Crippen LogP contribution in [0.3, 0.4) is 0 Å². The van der Waals surface area contributed by atoms with Gasteiger partial charge in [0.1, 0.15) is 0 Å². The van der Waals surface area contributed by atoms with Crippen molar-refractivity contribution in [3.8, 4) is 0 Å². The summed E-state index contributed by atoms with van der Waals surface area (Å²) in [5.74, 6) is 0.327. The Morgan fingerprint density at radius 3 is 2.38 bits per heavy atom. The molecule has 0 saturated heterocycles. The van der Waals surface area contributed by atoms with Crippen LogP contribution in [-0.2, 0) is 0 Å². The summed E-state index contributed by atoms with van der Waals surface area (Å²) < 4.78 is 2.46. The lowest BCUT2D eigenvalue weighted by Crippen LogP contribution is -2.34. The van der Waals surface area contributed by atoms with Crippen LogP contribution in [-0.4, -0.2) is 57.8 Å². The molecular formula is C14H22Cl2N8O2. The van der Waals surface area contributed by atoms with Crippen LogP contribution in [0.5, 0.6) is 0 Å². The number of amides is 2. The van der Waals surface area contributed by atoms with Crippen LogP contribution >= 0.6 is 24.8 Å². The zero-order chi connectivity index (χ0) is 17.9. The SMILES string of the molecule is CN(CCC(=N)N)C(=O)n1ccc(N(C)C(=O)n2ccc(N)c2)n1.Cl.Cl. The number of nitrogens with two attached hydrogens (primary N) is 2. The molecule has 10 nitrogen and oxygen atoms in total. The molecule has 0 unspecified atom stereocenters. The van der Waals surface area contributed by atoms with E-state index in [-0.39, 0.29) is 49.1 Å². The van der Waals surface area contributed by atoms with Gasteiger partial charge in [0.15, 0.2) is 5.82 Å². The highest BCUT2D eigenvalue weighted by Gasteiger charge is 2.18. The number of aromatic nitrogens is 3. The number of carbonyl (C=O) groups excluding carboxylic acids is 2. The third-order valence-electron chi connectivity index (χ3n) is 3.38. The predicted octanol–water partition coefficient (Wildman–Crippen LogP) is 1.44. The minimum absolute atomic E-state index is 0. The van der Waals surface area contributed by atoms with Gasteiger partial charge in [-0.3, -0.25) is 14.9 Å². The van der Waals surface area contributed by atoms with Gasteiger partial charge in [-0.05, 0) is 6.07 Å². The molecule has 26 heavy (non-hydrogen) atoms. The summed E-state index contributed by atoms with van der Waals surface area (Å²) in [5, 5.41) is 11.3. The van der Waals surface area contributed by atoms with E-state index in [0.29, 0.717) is 18.1 Å². The lowest BCUT2D eigenvalue weighted by Gasteiger charge is -2.17. The van der Waals surface area contributed by atoms with Gasteiger partial charge in [-0.25, -0.2) is 9.59 Å². The van der Waals surface area contributed by atoms with Gasteiger partial charge in [0.2, 0.25) is 0 Å². The summed E-state index contributed by atoms with van der Waals surface area (Å²) in [5.41, 5.74) is 11.4. The number of nitrogen functional groups attached to an aromatic ring is 1. The second-order valence-corrected chi connectivity index (χ2v) is 5.29. The lowest BCUT2D eigenvalue weighted by atomic mass is 10.4. The average molecular weight is 405 g/mol. The first kappa shape index (κ1) is 23.3. The molecule has 0 saturated carbocycles. The Kier molecular flexibility index (Phi) is 8.67. The Labute approximate surface area is 163 Å². The maximum atomic E-state index is 12.3. The number of nitrogens with one attached hydrogen (secondary N) is 1. The standard InChI is InChI=1S/C14H20N8O2.2ClH/c1-19(6-4-11(16)17)13(23)22-8-5-12(18-22)20(2)14(24)21-7-3-10(15)9-21;;/h3,5,7-9H,4,6,15H2,1-2H3,(H3,16,17);2*1H. The maximum absolute atomic E-state index is 12.3. The highest BCUT2D eigenvalue weighted by molar-refractivity contribution is 5.92. The molecule has 5 N–H and O–H groups in total. The quantitative estimate of drug-likeness (QED) is 0.522. The van der Waals surface area contributed by atoms with Crippen LogP contribution in [0, 0.1) is 5.41 Å². The molecule has 12 heteroatoms. The molecule has 2 amide bonds. The first-order valence-electron chi connectivity index (χ1n) is 7.15. The summed E-state index contributed by atoms with van der Waals surface area (Å²) in [6.07, 6.45) is 4.79. The van der Waals surface area contributed by atoms with Crippen molar-refractivity contribution < 1.29 is 9.59 Å². The number of rotatable bonds is 4. The summed E-state index contributed by atoms with van der Waals surface area (Å²) in [7, 11) is 3.14. The third kappa shape index (κ3) is 5.39. The van der Waals surface area contributed by atoms with Crippen molar-refractivity contribution >= 4 is 54.2 Å². The summed E-state index contributed by atoms with van der Waals surface area (Å²) >= 11 is 0. The zero-order valence-corrected chi connectivity index (χ0v) is 16.0. The topological polar surface area (TPSA) is 139 Å². The molecule has 0 fully saturated rings. The number of hydrogen-bond donors (Lipinski definition) is 3. The Morgan fingerprint density at radius 1 is 1.19 bits per heavy atom. The Hall–Kier alpha value is -2.72. The third-order valence-corrected chi connectivity index (χ3v) is 3.38. The van der Waals surface area contributed by atoms with E-state index in [9.17, 15) is 9.59 Å². The van der Waals surface area contributed by atoms with Gasteiger partial charge in [0.05, 0.1) is 5.84 Å². The molecule has 2 aromatic heterocycles. The van der Waals surface area contributed by atoms with Gasteiger partial charge in [0.25, 0.3) is 0 Å². The summed E-state index contributed by atoms with van der Waals surface area (Å²) in [4.78, 5) is 27.2. The van der Waals surface area contributed by atoms with Crippen LogP contribution in [0.1, 0.15) is 6.42 Å². The van der Waals surface area contributed by atoms with Crippen molar-refractivity contribution in [2.75, 3.05) is 31.3 Å². The highest BCUT2D eigenvalue weighted by atomic mass is 35.5. The number of carbonyl (C=O) groups is 2. The fourth-order valence-electron chi connectivity index (χ4n) is 1.96. The Balaban J connectivity index is 0.00000312. The van der Waals surface area contributed by atoms with E-state index in [4.69, 9.17) is 16.9 Å². The number of amidine groups is 1. The van der Waals surface area contributed by atoms with Crippen molar-refractivity contribution in [3.05, 3.63) is 30.7 Å². The van der Waals surface area contributed by atoms with Crippen molar-refractivity contribution in [3.63, 3.8) is 0 Å². The predicted molar refractivity (Wildman–Crippen MR) is 105 cm³/mol. The average Bonchev–Trinajstić information content (AvgIpc) is 3.19. The van der Waals surface area contributed by atoms with E-state index in [1.165, 1.54) is 26.8 Å². The monoisotopic (exact) mass is 404 g/mol. The van der Waals surface area contributed by atoms with Crippen LogP contribution in [0.4, 0.5) is 21.1 Å². The van der Waals surface area contributed by atoms with Gasteiger partial charge in [-0.2, -0.15) is 4.68 Å². The molecule has 2 rings (SSSR count). The second kappa shape index (κ2) is 9.68. The highest BCUT2D eigenvalue weighted by Crippen LogP contribution is 2.12. The smallest absolute Gasteiger partial charge is 0.344 e. The van der Waals surface area contributed by atoms with Crippen molar-refractivity contribution in [1.82, 2.24) is 19.2 Å². The molecule has 0 bridgehead atoms. The van der Waals surface area contributed by atoms with E-state index in [1.54, 1.807) is 32.4 Å². The Bertz CT molecular complexity index is 773. The van der Waals surface area contributed by atoms with Crippen LogP contribution in [0.25, 0.3) is 0 Å². The number of nitrogens with zero attached hydrogens (tertiary/aromatic N) is 5. The second-order valence-electron chi connectivity index (χ2n) is 5.29. The van der Waals surface area contributed by atoms with Crippen molar-refractivity contribution in [2.24, 2.45) is 5.73 Å². The largest absolute Gasteiger partial charge is 0.397 e. The number of halogens is 2.